The predicted molar refractivity (Wildman–Crippen MR) is 65.8 cm³/mol. The molecule has 0 aliphatic rings. The summed E-state index contributed by atoms with van der Waals surface area (Å²) in [6, 6.07) is 4.87. The summed E-state index contributed by atoms with van der Waals surface area (Å²) in [5.41, 5.74) is 1.35. The Morgan fingerprint density at radius 3 is 2.67 bits per heavy atom. The third-order valence-electron chi connectivity index (χ3n) is 3.14. The van der Waals surface area contributed by atoms with Gasteiger partial charge in [0.05, 0.1) is 0 Å². The molecule has 0 fully saturated rings. The number of rotatable bonds is 6. The maximum Gasteiger partial charge on any atom is 0.0361 e. The lowest BCUT2D eigenvalue weighted by Gasteiger charge is -2.17. The van der Waals surface area contributed by atoms with Crippen LogP contribution in [0.3, 0.4) is 0 Å². The standard InChI is InChI=1S/C13H24N2/c1-5-11(2)9-12(3)14-10-13-7-6-8-15(13)4/h6-8,11-12,14H,5,9-10H2,1-4H3. The molecule has 1 rings (SSSR count). The number of nitrogens with zero attached hydrogens (tertiary/aromatic N) is 1. The molecule has 0 saturated heterocycles. The normalized spacial score (nSPS) is 15.2. The number of nitrogens with one attached hydrogen (secondary N) is 1. The van der Waals surface area contributed by atoms with Crippen LogP contribution < -0.4 is 5.32 Å². The minimum Gasteiger partial charge on any atom is -0.353 e. The van der Waals surface area contributed by atoms with Gasteiger partial charge in [-0.05, 0) is 31.4 Å². The fraction of sp³-hybridized carbons (Fsp3) is 0.692. The van der Waals surface area contributed by atoms with Gasteiger partial charge in [-0.3, -0.25) is 0 Å². The van der Waals surface area contributed by atoms with Crippen LogP contribution in [0.1, 0.15) is 39.3 Å². The van der Waals surface area contributed by atoms with Crippen molar-refractivity contribution in [2.45, 2.75) is 46.2 Å². The zero-order valence-electron chi connectivity index (χ0n) is 10.5. The van der Waals surface area contributed by atoms with Crippen molar-refractivity contribution >= 4 is 0 Å². The van der Waals surface area contributed by atoms with Gasteiger partial charge in [-0.25, -0.2) is 0 Å². The first-order valence-corrected chi connectivity index (χ1v) is 5.97. The highest BCUT2D eigenvalue weighted by atomic mass is 15.0. The van der Waals surface area contributed by atoms with Gasteiger partial charge in [0.2, 0.25) is 0 Å². The number of hydrogen-bond acceptors (Lipinski definition) is 1. The minimum atomic E-state index is 0.606. The number of aromatic nitrogens is 1. The third kappa shape index (κ3) is 4.08. The molecule has 2 nitrogen and oxygen atoms in total. The van der Waals surface area contributed by atoms with E-state index in [4.69, 9.17) is 0 Å². The maximum absolute atomic E-state index is 3.57. The van der Waals surface area contributed by atoms with Crippen LogP contribution in [0.4, 0.5) is 0 Å². The highest BCUT2D eigenvalue weighted by Crippen LogP contribution is 2.10. The van der Waals surface area contributed by atoms with E-state index in [-0.39, 0.29) is 0 Å². The molecule has 0 bridgehead atoms. The summed E-state index contributed by atoms with van der Waals surface area (Å²) in [5.74, 6) is 0.820. The smallest absolute Gasteiger partial charge is 0.0361 e. The predicted octanol–water partition coefficient (Wildman–Crippen LogP) is 2.94. The van der Waals surface area contributed by atoms with Crippen LogP contribution in [0.25, 0.3) is 0 Å². The second-order valence-corrected chi connectivity index (χ2v) is 4.64. The molecular formula is C13H24N2. The van der Waals surface area contributed by atoms with E-state index in [1.807, 2.05) is 0 Å². The fourth-order valence-corrected chi connectivity index (χ4v) is 1.81. The summed E-state index contributed by atoms with van der Waals surface area (Å²) in [6.07, 6.45) is 4.63. The van der Waals surface area contributed by atoms with E-state index in [1.165, 1.54) is 18.5 Å². The molecule has 2 atom stereocenters. The van der Waals surface area contributed by atoms with Gasteiger partial charge in [0, 0.05) is 31.5 Å². The molecule has 0 aromatic carbocycles. The summed E-state index contributed by atoms with van der Waals surface area (Å²) in [7, 11) is 2.09. The van der Waals surface area contributed by atoms with Crippen molar-refractivity contribution in [2.75, 3.05) is 0 Å². The van der Waals surface area contributed by atoms with Crippen molar-refractivity contribution in [1.82, 2.24) is 9.88 Å². The van der Waals surface area contributed by atoms with Crippen LogP contribution >= 0.6 is 0 Å². The Kier molecular flexibility index (Phi) is 4.89. The molecule has 0 amide bonds. The maximum atomic E-state index is 3.57. The van der Waals surface area contributed by atoms with E-state index < -0.39 is 0 Å². The number of aryl methyl sites for hydroxylation is 1. The summed E-state index contributed by atoms with van der Waals surface area (Å²) in [4.78, 5) is 0. The first kappa shape index (κ1) is 12.3. The number of hydrogen-bond donors (Lipinski definition) is 1. The van der Waals surface area contributed by atoms with Crippen molar-refractivity contribution in [1.29, 1.82) is 0 Å². The lowest BCUT2D eigenvalue weighted by molar-refractivity contribution is 0.409. The molecule has 0 aliphatic heterocycles. The molecule has 2 heteroatoms. The van der Waals surface area contributed by atoms with E-state index in [9.17, 15) is 0 Å². The van der Waals surface area contributed by atoms with E-state index in [0.717, 1.165) is 12.5 Å². The van der Waals surface area contributed by atoms with Crippen LogP contribution in [0.5, 0.6) is 0 Å². The molecule has 1 aromatic heterocycles. The van der Waals surface area contributed by atoms with Gasteiger partial charge in [0.15, 0.2) is 0 Å². The summed E-state index contributed by atoms with van der Waals surface area (Å²) < 4.78 is 2.17. The first-order chi connectivity index (χ1) is 7.13. The molecule has 0 aliphatic carbocycles. The lowest BCUT2D eigenvalue weighted by Crippen LogP contribution is -2.28. The molecule has 0 spiro atoms. The molecule has 1 N–H and O–H groups in total. The Bertz CT molecular complexity index is 278. The monoisotopic (exact) mass is 208 g/mol. The molecule has 1 heterocycles. The molecule has 15 heavy (non-hydrogen) atoms. The SMILES string of the molecule is CCC(C)CC(C)NCc1cccn1C. The van der Waals surface area contributed by atoms with Crippen molar-refractivity contribution in [3.63, 3.8) is 0 Å². The van der Waals surface area contributed by atoms with Crippen LogP contribution in [-0.4, -0.2) is 10.6 Å². The van der Waals surface area contributed by atoms with Crippen LogP contribution in [0, 0.1) is 5.92 Å². The van der Waals surface area contributed by atoms with Gasteiger partial charge in [-0.15, -0.1) is 0 Å². The van der Waals surface area contributed by atoms with Crippen molar-refractivity contribution in [3.05, 3.63) is 24.0 Å². The van der Waals surface area contributed by atoms with Crippen molar-refractivity contribution < 1.29 is 0 Å². The highest BCUT2D eigenvalue weighted by Gasteiger charge is 2.07. The summed E-state index contributed by atoms with van der Waals surface area (Å²) >= 11 is 0. The van der Waals surface area contributed by atoms with Gasteiger partial charge >= 0.3 is 0 Å². The quantitative estimate of drug-likeness (QED) is 0.760. The second-order valence-electron chi connectivity index (χ2n) is 4.64. The summed E-state index contributed by atoms with van der Waals surface area (Å²) in [5, 5.41) is 3.57. The zero-order chi connectivity index (χ0) is 11.3. The highest BCUT2D eigenvalue weighted by molar-refractivity contribution is 5.06. The topological polar surface area (TPSA) is 17.0 Å². The third-order valence-corrected chi connectivity index (χ3v) is 3.14. The van der Waals surface area contributed by atoms with Gasteiger partial charge < -0.3 is 9.88 Å². The Morgan fingerprint density at radius 1 is 1.40 bits per heavy atom. The van der Waals surface area contributed by atoms with Gasteiger partial charge in [0.25, 0.3) is 0 Å². The van der Waals surface area contributed by atoms with E-state index in [0.29, 0.717) is 6.04 Å². The summed E-state index contributed by atoms with van der Waals surface area (Å²) in [6.45, 7) is 7.82. The van der Waals surface area contributed by atoms with Crippen LogP contribution in [-0.2, 0) is 13.6 Å². The van der Waals surface area contributed by atoms with E-state index in [2.05, 4.69) is 56.0 Å². The van der Waals surface area contributed by atoms with Crippen LogP contribution in [0.2, 0.25) is 0 Å². The minimum absolute atomic E-state index is 0.606. The fourth-order valence-electron chi connectivity index (χ4n) is 1.81. The Balaban J connectivity index is 2.28. The van der Waals surface area contributed by atoms with Gasteiger partial charge in [-0.2, -0.15) is 0 Å². The van der Waals surface area contributed by atoms with E-state index in [1.54, 1.807) is 0 Å². The van der Waals surface area contributed by atoms with Crippen molar-refractivity contribution in [3.8, 4) is 0 Å². The average Bonchev–Trinajstić information content (AvgIpc) is 2.61. The Morgan fingerprint density at radius 2 is 2.13 bits per heavy atom. The molecule has 0 saturated carbocycles. The average molecular weight is 208 g/mol. The van der Waals surface area contributed by atoms with Crippen LogP contribution in [0.15, 0.2) is 18.3 Å². The Hall–Kier alpha value is -0.760. The second kappa shape index (κ2) is 5.96. The molecular weight excluding hydrogens is 184 g/mol. The zero-order valence-corrected chi connectivity index (χ0v) is 10.5. The van der Waals surface area contributed by atoms with Gasteiger partial charge in [-0.1, -0.05) is 20.3 Å². The molecule has 2 unspecified atom stereocenters. The van der Waals surface area contributed by atoms with Gasteiger partial charge in [0.1, 0.15) is 0 Å². The van der Waals surface area contributed by atoms with E-state index >= 15 is 0 Å². The van der Waals surface area contributed by atoms with Crippen molar-refractivity contribution in [2.24, 2.45) is 13.0 Å². The Labute approximate surface area is 93.7 Å². The molecule has 0 radical (unpaired) electrons. The molecule has 1 aromatic rings. The largest absolute Gasteiger partial charge is 0.353 e. The first-order valence-electron chi connectivity index (χ1n) is 5.97. The lowest BCUT2D eigenvalue weighted by atomic mass is 10.0. The molecule has 86 valence electrons.